The smallest absolute Gasteiger partial charge is 0.207 e. The summed E-state index contributed by atoms with van der Waals surface area (Å²) in [7, 11) is 0. The Balaban J connectivity index is 2.77. The van der Waals surface area contributed by atoms with E-state index in [9.17, 15) is 30.7 Å². The van der Waals surface area contributed by atoms with Crippen molar-refractivity contribution in [2.75, 3.05) is 5.73 Å². The molecule has 25 heavy (non-hydrogen) atoms. The fourth-order valence-electron chi connectivity index (χ4n) is 2.22. The van der Waals surface area contributed by atoms with Crippen LogP contribution >= 0.6 is 0 Å². The third-order valence-electron chi connectivity index (χ3n) is 3.61. The molecule has 136 valence electrons. The number of hydrogen-bond acceptors (Lipinski definition) is 3. The van der Waals surface area contributed by atoms with Gasteiger partial charge in [0.05, 0.1) is 0 Å². The normalized spacial score (nSPS) is 11.1. The lowest BCUT2D eigenvalue weighted by atomic mass is 10.0. The molecular formula is C15H11F7N2O. The quantitative estimate of drug-likeness (QED) is 0.369. The van der Waals surface area contributed by atoms with Crippen LogP contribution in [0.25, 0.3) is 0 Å². The van der Waals surface area contributed by atoms with Gasteiger partial charge in [-0.3, -0.25) is 0 Å². The van der Waals surface area contributed by atoms with E-state index in [1.807, 2.05) is 0 Å². The van der Waals surface area contributed by atoms with Crippen LogP contribution in [-0.2, 0) is 13.2 Å². The second-order valence-electron chi connectivity index (χ2n) is 4.98. The fraction of sp³-hybridized carbons (Fsp3) is 0.200. The van der Waals surface area contributed by atoms with Crippen LogP contribution in [0.5, 0.6) is 11.5 Å². The van der Waals surface area contributed by atoms with E-state index >= 15 is 0 Å². The molecule has 0 aromatic heterocycles. The van der Waals surface area contributed by atoms with Crippen molar-refractivity contribution in [2.45, 2.75) is 20.1 Å². The summed E-state index contributed by atoms with van der Waals surface area (Å²) in [6.07, 6.45) is 0. The van der Waals surface area contributed by atoms with Crippen molar-refractivity contribution in [1.82, 2.24) is 0 Å². The van der Waals surface area contributed by atoms with E-state index in [4.69, 9.17) is 11.5 Å². The number of ether oxygens (including phenoxy) is 1. The Morgan fingerprint density at radius 2 is 1.32 bits per heavy atom. The minimum Gasteiger partial charge on any atom is -0.447 e. The number of nitrogens with two attached hydrogens (primary N) is 2. The van der Waals surface area contributed by atoms with Crippen LogP contribution in [0.4, 0.5) is 36.4 Å². The topological polar surface area (TPSA) is 61.3 Å². The highest BCUT2D eigenvalue weighted by atomic mass is 19.2. The Hall–Kier alpha value is -2.49. The van der Waals surface area contributed by atoms with Gasteiger partial charge in [-0.05, 0) is 18.1 Å². The summed E-state index contributed by atoms with van der Waals surface area (Å²) >= 11 is 0. The van der Waals surface area contributed by atoms with Crippen molar-refractivity contribution >= 4 is 5.69 Å². The molecule has 0 amide bonds. The van der Waals surface area contributed by atoms with E-state index in [1.54, 1.807) is 0 Å². The van der Waals surface area contributed by atoms with Crippen molar-refractivity contribution in [3.05, 3.63) is 51.6 Å². The molecule has 0 aliphatic carbocycles. The molecule has 3 nitrogen and oxygen atoms in total. The van der Waals surface area contributed by atoms with Crippen LogP contribution in [0, 0.1) is 41.8 Å². The lowest BCUT2D eigenvalue weighted by Crippen LogP contribution is -2.12. The molecule has 0 heterocycles. The molecule has 0 unspecified atom stereocenters. The van der Waals surface area contributed by atoms with Gasteiger partial charge in [0.1, 0.15) is 12.4 Å². The Kier molecular flexibility index (Phi) is 5.12. The van der Waals surface area contributed by atoms with Crippen molar-refractivity contribution in [3.63, 3.8) is 0 Å². The number of nitrogen functional groups attached to an aromatic ring is 1. The zero-order valence-corrected chi connectivity index (χ0v) is 12.6. The van der Waals surface area contributed by atoms with Crippen LogP contribution in [0.1, 0.15) is 16.7 Å². The minimum absolute atomic E-state index is 0.396. The predicted molar refractivity (Wildman–Crippen MR) is 74.6 cm³/mol. The molecule has 0 saturated carbocycles. The lowest BCUT2D eigenvalue weighted by Gasteiger charge is -2.18. The number of alkyl halides is 1. The summed E-state index contributed by atoms with van der Waals surface area (Å²) < 4.78 is 100.0. The molecular weight excluding hydrogens is 357 g/mol. The molecule has 0 spiro atoms. The first kappa shape index (κ1) is 18.8. The number of anilines is 1. The Labute approximate surface area is 137 Å². The molecule has 10 heteroatoms. The zero-order valence-electron chi connectivity index (χ0n) is 12.6. The highest BCUT2D eigenvalue weighted by Crippen LogP contribution is 2.39. The predicted octanol–water partition coefficient (Wildman–Crippen LogP) is 4.13. The average molecular weight is 368 g/mol. The maximum absolute atomic E-state index is 14.1. The van der Waals surface area contributed by atoms with E-state index < -0.39 is 82.0 Å². The number of benzene rings is 2. The summed E-state index contributed by atoms with van der Waals surface area (Å²) in [4.78, 5) is 0. The summed E-state index contributed by atoms with van der Waals surface area (Å²) in [6.45, 7) is -0.807. The first-order valence-electron chi connectivity index (χ1n) is 6.71. The van der Waals surface area contributed by atoms with E-state index in [1.165, 1.54) is 0 Å². The van der Waals surface area contributed by atoms with Crippen molar-refractivity contribution in [2.24, 2.45) is 5.73 Å². The number of rotatable bonds is 4. The second-order valence-corrected chi connectivity index (χ2v) is 4.98. The largest absolute Gasteiger partial charge is 0.447 e. The Bertz CT molecular complexity index is 826. The maximum atomic E-state index is 14.1. The minimum atomic E-state index is -2.18. The van der Waals surface area contributed by atoms with Gasteiger partial charge in [-0.25, -0.2) is 22.0 Å². The molecule has 0 saturated heterocycles. The van der Waals surface area contributed by atoms with Gasteiger partial charge >= 0.3 is 0 Å². The van der Waals surface area contributed by atoms with Crippen LogP contribution in [0.3, 0.4) is 0 Å². The van der Waals surface area contributed by atoms with E-state index in [-0.39, 0.29) is 0 Å². The summed E-state index contributed by atoms with van der Waals surface area (Å²) in [6, 6.07) is 0. The van der Waals surface area contributed by atoms with Crippen molar-refractivity contribution in [3.8, 4) is 11.5 Å². The zero-order chi connectivity index (χ0) is 19.0. The van der Waals surface area contributed by atoms with Crippen LogP contribution in [0.2, 0.25) is 0 Å². The van der Waals surface area contributed by atoms with Gasteiger partial charge in [0.15, 0.2) is 23.2 Å². The monoisotopic (exact) mass is 368 g/mol. The summed E-state index contributed by atoms with van der Waals surface area (Å²) in [5.41, 5.74) is 7.61. The van der Waals surface area contributed by atoms with Gasteiger partial charge in [0, 0.05) is 12.1 Å². The van der Waals surface area contributed by atoms with Crippen LogP contribution in [-0.4, -0.2) is 0 Å². The summed E-state index contributed by atoms with van der Waals surface area (Å²) in [5, 5.41) is 0. The van der Waals surface area contributed by atoms with Gasteiger partial charge in [0.2, 0.25) is 23.2 Å². The molecule has 0 aliphatic rings. The molecule has 2 aromatic carbocycles. The highest BCUT2D eigenvalue weighted by molar-refractivity contribution is 5.53. The van der Waals surface area contributed by atoms with Gasteiger partial charge in [-0.15, -0.1) is 0 Å². The fourth-order valence-corrected chi connectivity index (χ4v) is 2.22. The molecule has 2 rings (SSSR count). The average Bonchev–Trinajstić information content (AvgIpc) is 2.61. The SMILES string of the molecule is Cc1c(F)c(F)c(Oc2c(F)c(N)c(F)c(F)c2F)c(CN)c1CF. The molecule has 4 N–H and O–H groups in total. The first-order valence-corrected chi connectivity index (χ1v) is 6.71. The third kappa shape index (κ3) is 2.86. The molecule has 0 atom stereocenters. The third-order valence-corrected chi connectivity index (χ3v) is 3.61. The van der Waals surface area contributed by atoms with Crippen molar-refractivity contribution in [1.29, 1.82) is 0 Å². The van der Waals surface area contributed by atoms with Crippen LogP contribution < -0.4 is 16.2 Å². The number of halogens is 7. The summed E-state index contributed by atoms with van der Waals surface area (Å²) in [5.74, 6) is -14.3. The maximum Gasteiger partial charge on any atom is 0.207 e. The lowest BCUT2D eigenvalue weighted by molar-refractivity contribution is 0.347. The molecule has 0 fully saturated rings. The van der Waals surface area contributed by atoms with Crippen LogP contribution in [0.15, 0.2) is 0 Å². The number of hydrogen-bond donors (Lipinski definition) is 2. The van der Waals surface area contributed by atoms with E-state index in [0.29, 0.717) is 0 Å². The van der Waals surface area contributed by atoms with Gasteiger partial charge in [0.25, 0.3) is 0 Å². The van der Waals surface area contributed by atoms with Crippen molar-refractivity contribution < 1.29 is 35.5 Å². The first-order chi connectivity index (χ1) is 11.7. The second kappa shape index (κ2) is 6.79. The molecule has 2 aromatic rings. The molecule has 0 bridgehead atoms. The van der Waals surface area contributed by atoms with Gasteiger partial charge < -0.3 is 16.2 Å². The molecule has 0 aliphatic heterocycles. The Morgan fingerprint density at radius 1 is 0.760 bits per heavy atom. The highest BCUT2D eigenvalue weighted by Gasteiger charge is 2.29. The van der Waals surface area contributed by atoms with Gasteiger partial charge in [-0.1, -0.05) is 0 Å². The molecule has 0 radical (unpaired) electrons. The Morgan fingerprint density at radius 3 is 1.84 bits per heavy atom. The van der Waals surface area contributed by atoms with E-state index in [0.717, 1.165) is 6.92 Å². The standard InChI is InChI=1S/C15H11F7N2O/c1-4-5(2-16)6(3-23)14(10(20)7(4)17)25-15-11(21)8(18)9(19)13(24)12(15)22/h2-3,23-24H2,1H3. The van der Waals surface area contributed by atoms with Gasteiger partial charge in [-0.2, -0.15) is 8.78 Å². The van der Waals surface area contributed by atoms with E-state index in [2.05, 4.69) is 4.74 Å².